The SMILES string of the molecule is CN(Cc1cccc(Cl)c1)c1cc(Cl)ccc1CCN. The van der Waals surface area contributed by atoms with E-state index in [1.807, 2.05) is 43.4 Å². The van der Waals surface area contributed by atoms with Crippen LogP contribution in [0.15, 0.2) is 42.5 Å². The van der Waals surface area contributed by atoms with Gasteiger partial charge < -0.3 is 10.6 Å². The maximum Gasteiger partial charge on any atom is 0.0426 e. The zero-order valence-corrected chi connectivity index (χ0v) is 13.0. The number of hydrogen-bond donors (Lipinski definition) is 1. The summed E-state index contributed by atoms with van der Waals surface area (Å²) in [6.07, 6.45) is 0.840. The van der Waals surface area contributed by atoms with Gasteiger partial charge in [-0.05, 0) is 48.4 Å². The molecule has 106 valence electrons. The number of nitrogens with zero attached hydrogens (tertiary/aromatic N) is 1. The monoisotopic (exact) mass is 308 g/mol. The van der Waals surface area contributed by atoms with E-state index in [1.165, 1.54) is 11.1 Å². The molecule has 4 heteroatoms. The molecule has 0 radical (unpaired) electrons. The Morgan fingerprint density at radius 3 is 2.50 bits per heavy atom. The van der Waals surface area contributed by atoms with Crippen LogP contribution in [-0.4, -0.2) is 13.6 Å². The summed E-state index contributed by atoms with van der Waals surface area (Å²) in [6, 6.07) is 13.8. The molecule has 0 unspecified atom stereocenters. The van der Waals surface area contributed by atoms with Crippen molar-refractivity contribution in [3.8, 4) is 0 Å². The van der Waals surface area contributed by atoms with Gasteiger partial charge in [0.25, 0.3) is 0 Å². The van der Waals surface area contributed by atoms with Crippen molar-refractivity contribution in [1.29, 1.82) is 0 Å². The fraction of sp³-hybridized carbons (Fsp3) is 0.250. The van der Waals surface area contributed by atoms with Crippen LogP contribution in [0.3, 0.4) is 0 Å². The molecule has 0 saturated heterocycles. The first kappa shape index (κ1) is 15.2. The van der Waals surface area contributed by atoms with E-state index in [-0.39, 0.29) is 0 Å². The highest BCUT2D eigenvalue weighted by Gasteiger charge is 2.09. The second-order valence-electron chi connectivity index (χ2n) is 4.80. The molecule has 2 aromatic carbocycles. The van der Waals surface area contributed by atoms with Crippen LogP contribution in [-0.2, 0) is 13.0 Å². The molecule has 0 atom stereocenters. The standard InChI is InChI=1S/C16H18Cl2N2/c1-20(11-12-3-2-4-14(17)9-12)16-10-15(18)6-5-13(16)7-8-19/h2-6,9-10H,7-8,11,19H2,1H3. The van der Waals surface area contributed by atoms with Gasteiger partial charge in [-0.3, -0.25) is 0 Å². The lowest BCUT2D eigenvalue weighted by atomic mass is 10.1. The maximum atomic E-state index is 6.11. The minimum absolute atomic E-state index is 0.625. The highest BCUT2D eigenvalue weighted by molar-refractivity contribution is 6.31. The van der Waals surface area contributed by atoms with Crippen LogP contribution in [0, 0.1) is 0 Å². The second-order valence-corrected chi connectivity index (χ2v) is 5.67. The average molecular weight is 309 g/mol. The lowest BCUT2D eigenvalue weighted by Gasteiger charge is -2.23. The van der Waals surface area contributed by atoms with Crippen molar-refractivity contribution in [2.75, 3.05) is 18.5 Å². The fourth-order valence-corrected chi connectivity index (χ4v) is 2.63. The van der Waals surface area contributed by atoms with E-state index < -0.39 is 0 Å². The topological polar surface area (TPSA) is 29.3 Å². The van der Waals surface area contributed by atoms with Crippen molar-refractivity contribution in [2.45, 2.75) is 13.0 Å². The number of hydrogen-bond acceptors (Lipinski definition) is 2. The van der Waals surface area contributed by atoms with Crippen molar-refractivity contribution in [3.63, 3.8) is 0 Å². The van der Waals surface area contributed by atoms with Gasteiger partial charge in [-0.25, -0.2) is 0 Å². The fourth-order valence-electron chi connectivity index (χ4n) is 2.25. The number of benzene rings is 2. The van der Waals surface area contributed by atoms with E-state index >= 15 is 0 Å². The number of halogens is 2. The van der Waals surface area contributed by atoms with Crippen molar-refractivity contribution in [3.05, 3.63) is 63.6 Å². The molecular formula is C16H18Cl2N2. The molecular weight excluding hydrogens is 291 g/mol. The van der Waals surface area contributed by atoms with Crippen molar-refractivity contribution < 1.29 is 0 Å². The summed E-state index contributed by atoms with van der Waals surface area (Å²) < 4.78 is 0. The van der Waals surface area contributed by atoms with E-state index in [0.29, 0.717) is 6.54 Å². The molecule has 0 bridgehead atoms. The van der Waals surface area contributed by atoms with Crippen LogP contribution in [0.4, 0.5) is 5.69 Å². The molecule has 0 heterocycles. The first-order valence-electron chi connectivity index (χ1n) is 6.54. The largest absolute Gasteiger partial charge is 0.370 e. The van der Waals surface area contributed by atoms with Gasteiger partial charge in [0.1, 0.15) is 0 Å². The predicted octanol–water partition coefficient (Wildman–Crippen LogP) is 4.13. The summed E-state index contributed by atoms with van der Waals surface area (Å²) in [5.41, 5.74) is 9.16. The summed E-state index contributed by atoms with van der Waals surface area (Å²) in [7, 11) is 2.05. The molecule has 2 N–H and O–H groups in total. The molecule has 0 amide bonds. The second kappa shape index (κ2) is 6.98. The van der Waals surface area contributed by atoms with Gasteiger partial charge >= 0.3 is 0 Å². The van der Waals surface area contributed by atoms with Crippen molar-refractivity contribution >= 4 is 28.9 Å². The molecule has 2 nitrogen and oxygen atoms in total. The Bertz CT molecular complexity index is 584. The molecule has 0 saturated carbocycles. The third-order valence-corrected chi connectivity index (χ3v) is 3.65. The summed E-state index contributed by atoms with van der Waals surface area (Å²) in [6.45, 7) is 1.40. The Kier molecular flexibility index (Phi) is 5.30. The quantitative estimate of drug-likeness (QED) is 0.900. The third-order valence-electron chi connectivity index (χ3n) is 3.18. The smallest absolute Gasteiger partial charge is 0.0426 e. The van der Waals surface area contributed by atoms with E-state index in [4.69, 9.17) is 28.9 Å². The summed E-state index contributed by atoms with van der Waals surface area (Å²) in [4.78, 5) is 2.17. The zero-order valence-electron chi connectivity index (χ0n) is 11.4. The Morgan fingerprint density at radius 2 is 1.80 bits per heavy atom. The Hall–Kier alpha value is -1.22. The van der Waals surface area contributed by atoms with Crippen LogP contribution < -0.4 is 10.6 Å². The van der Waals surface area contributed by atoms with E-state index in [1.54, 1.807) is 0 Å². The van der Waals surface area contributed by atoms with Crippen molar-refractivity contribution in [2.24, 2.45) is 5.73 Å². The van der Waals surface area contributed by atoms with E-state index in [2.05, 4.69) is 11.0 Å². The normalized spacial score (nSPS) is 10.6. The van der Waals surface area contributed by atoms with Gasteiger partial charge in [0.05, 0.1) is 0 Å². The molecule has 0 aromatic heterocycles. The molecule has 0 spiro atoms. The third kappa shape index (κ3) is 3.89. The van der Waals surface area contributed by atoms with Gasteiger partial charge in [0.2, 0.25) is 0 Å². The Labute approximate surface area is 130 Å². The molecule has 0 aliphatic carbocycles. The highest BCUT2D eigenvalue weighted by Crippen LogP contribution is 2.26. The van der Waals surface area contributed by atoms with Crippen LogP contribution in [0.2, 0.25) is 10.0 Å². The summed E-state index contributed by atoms with van der Waals surface area (Å²) in [5.74, 6) is 0. The first-order valence-corrected chi connectivity index (χ1v) is 7.30. The lowest BCUT2D eigenvalue weighted by molar-refractivity contribution is 0.893. The number of nitrogens with two attached hydrogens (primary N) is 1. The van der Waals surface area contributed by atoms with E-state index in [9.17, 15) is 0 Å². The number of rotatable bonds is 5. The van der Waals surface area contributed by atoms with Gasteiger partial charge in [-0.1, -0.05) is 41.4 Å². The van der Waals surface area contributed by atoms with Crippen LogP contribution in [0.25, 0.3) is 0 Å². The predicted molar refractivity (Wildman–Crippen MR) is 87.8 cm³/mol. The van der Waals surface area contributed by atoms with Crippen LogP contribution >= 0.6 is 23.2 Å². The summed E-state index contributed by atoms with van der Waals surface area (Å²) >= 11 is 12.1. The average Bonchev–Trinajstić information content (AvgIpc) is 2.41. The van der Waals surface area contributed by atoms with Gasteiger partial charge in [-0.2, -0.15) is 0 Å². The number of anilines is 1. The minimum Gasteiger partial charge on any atom is -0.370 e. The lowest BCUT2D eigenvalue weighted by Crippen LogP contribution is -2.19. The summed E-state index contributed by atoms with van der Waals surface area (Å²) in [5, 5.41) is 1.49. The molecule has 20 heavy (non-hydrogen) atoms. The molecule has 0 fully saturated rings. The maximum absolute atomic E-state index is 6.11. The van der Waals surface area contributed by atoms with Crippen LogP contribution in [0.5, 0.6) is 0 Å². The Balaban J connectivity index is 2.23. The first-order chi connectivity index (χ1) is 9.60. The highest BCUT2D eigenvalue weighted by atomic mass is 35.5. The molecule has 2 rings (SSSR count). The molecule has 0 aliphatic rings. The molecule has 0 aliphatic heterocycles. The zero-order chi connectivity index (χ0) is 14.5. The van der Waals surface area contributed by atoms with Crippen molar-refractivity contribution in [1.82, 2.24) is 0 Å². The van der Waals surface area contributed by atoms with E-state index in [0.717, 1.165) is 28.7 Å². The van der Waals surface area contributed by atoms with Gasteiger partial charge in [-0.15, -0.1) is 0 Å². The van der Waals surface area contributed by atoms with Gasteiger partial charge in [0, 0.05) is 29.3 Å². The Morgan fingerprint density at radius 1 is 1.05 bits per heavy atom. The van der Waals surface area contributed by atoms with Crippen LogP contribution in [0.1, 0.15) is 11.1 Å². The van der Waals surface area contributed by atoms with Gasteiger partial charge in [0.15, 0.2) is 0 Å². The molecule has 2 aromatic rings. The minimum atomic E-state index is 0.625.